The van der Waals surface area contributed by atoms with E-state index in [4.69, 9.17) is 10.6 Å². The monoisotopic (exact) mass is 268 g/mol. The Kier molecular flexibility index (Phi) is 6.27. The van der Waals surface area contributed by atoms with Gasteiger partial charge >= 0.3 is 6.01 Å². The Bertz CT molecular complexity index is 386. The smallest absolute Gasteiger partial charge is 0.323 e. The van der Waals surface area contributed by atoms with Crippen molar-refractivity contribution >= 4 is 11.9 Å². The van der Waals surface area contributed by atoms with Crippen molar-refractivity contribution in [3.05, 3.63) is 0 Å². The fraction of sp³-hybridized carbons (Fsp3) is 0.750. The maximum atomic E-state index is 5.33. The maximum Gasteiger partial charge on any atom is 0.323 e. The predicted molar refractivity (Wildman–Crippen MR) is 76.0 cm³/mol. The summed E-state index contributed by atoms with van der Waals surface area (Å²) in [5.74, 6) is 6.75. The molecule has 0 aliphatic carbocycles. The second-order valence-electron chi connectivity index (χ2n) is 4.64. The summed E-state index contributed by atoms with van der Waals surface area (Å²) in [7, 11) is 0. The van der Waals surface area contributed by atoms with Crippen LogP contribution in [0.2, 0.25) is 0 Å². The molecule has 1 rings (SSSR count). The topological polar surface area (TPSA) is 98.0 Å². The number of hydrazine groups is 1. The molecular formula is C12H24N6O. The summed E-state index contributed by atoms with van der Waals surface area (Å²) in [5.41, 5.74) is 2.41. The minimum Gasteiger partial charge on any atom is -0.464 e. The van der Waals surface area contributed by atoms with Crippen LogP contribution in [-0.2, 0) is 0 Å². The van der Waals surface area contributed by atoms with E-state index in [0.29, 0.717) is 18.5 Å². The van der Waals surface area contributed by atoms with Crippen molar-refractivity contribution in [2.45, 2.75) is 46.6 Å². The van der Waals surface area contributed by atoms with Crippen LogP contribution in [0.25, 0.3) is 0 Å². The highest BCUT2D eigenvalue weighted by atomic mass is 16.5. The van der Waals surface area contributed by atoms with Gasteiger partial charge in [-0.25, -0.2) is 5.84 Å². The molecule has 2 atom stereocenters. The van der Waals surface area contributed by atoms with Crippen LogP contribution in [0.5, 0.6) is 6.01 Å². The molecule has 0 aliphatic rings. The van der Waals surface area contributed by atoms with Crippen molar-refractivity contribution in [3.8, 4) is 6.01 Å². The Balaban J connectivity index is 2.73. The lowest BCUT2D eigenvalue weighted by Crippen LogP contribution is -2.21. The first-order valence-electron chi connectivity index (χ1n) is 6.71. The summed E-state index contributed by atoms with van der Waals surface area (Å²) < 4.78 is 5.28. The number of nitrogen functional groups attached to an aromatic ring is 1. The van der Waals surface area contributed by atoms with Crippen molar-refractivity contribution in [2.24, 2.45) is 11.8 Å². The molecular weight excluding hydrogens is 244 g/mol. The molecule has 0 fully saturated rings. The molecule has 0 aliphatic heterocycles. The number of aromatic nitrogens is 3. The Hall–Kier alpha value is -1.63. The third kappa shape index (κ3) is 5.25. The highest BCUT2D eigenvalue weighted by Crippen LogP contribution is 2.15. The average Bonchev–Trinajstić information content (AvgIpc) is 2.38. The highest BCUT2D eigenvalue weighted by molar-refractivity contribution is 5.35. The third-order valence-corrected chi connectivity index (χ3v) is 2.85. The van der Waals surface area contributed by atoms with Crippen LogP contribution in [0, 0.1) is 5.92 Å². The summed E-state index contributed by atoms with van der Waals surface area (Å²) in [4.78, 5) is 12.4. The summed E-state index contributed by atoms with van der Waals surface area (Å²) >= 11 is 0. The van der Waals surface area contributed by atoms with Crippen LogP contribution in [0.4, 0.5) is 11.9 Å². The second-order valence-corrected chi connectivity index (χ2v) is 4.64. The lowest BCUT2D eigenvalue weighted by atomic mass is 10.0. The molecule has 0 radical (unpaired) electrons. The van der Waals surface area contributed by atoms with Gasteiger partial charge in [-0.3, -0.25) is 5.43 Å². The Labute approximate surface area is 114 Å². The number of rotatable bonds is 8. The van der Waals surface area contributed by atoms with Gasteiger partial charge in [-0.15, -0.1) is 0 Å². The quantitative estimate of drug-likeness (QED) is 0.488. The van der Waals surface area contributed by atoms with Gasteiger partial charge < -0.3 is 10.1 Å². The SMILES string of the molecule is CCOc1nc(NN)nc(NC(C)CC(C)CC)n1. The van der Waals surface area contributed by atoms with E-state index in [-0.39, 0.29) is 18.0 Å². The zero-order chi connectivity index (χ0) is 14.3. The summed E-state index contributed by atoms with van der Waals surface area (Å²) in [6.07, 6.45) is 2.21. The van der Waals surface area contributed by atoms with Crippen LogP contribution in [-0.4, -0.2) is 27.6 Å². The van der Waals surface area contributed by atoms with Crippen molar-refractivity contribution in [1.82, 2.24) is 15.0 Å². The lowest BCUT2D eigenvalue weighted by molar-refractivity contribution is 0.312. The molecule has 7 nitrogen and oxygen atoms in total. The molecule has 0 saturated carbocycles. The first kappa shape index (κ1) is 15.4. The van der Waals surface area contributed by atoms with Gasteiger partial charge in [-0.05, 0) is 26.2 Å². The van der Waals surface area contributed by atoms with E-state index < -0.39 is 0 Å². The molecule has 0 spiro atoms. The minimum absolute atomic E-state index is 0.267. The van der Waals surface area contributed by atoms with Gasteiger partial charge in [0.15, 0.2) is 0 Å². The molecule has 1 aromatic heterocycles. The van der Waals surface area contributed by atoms with E-state index in [9.17, 15) is 0 Å². The van der Waals surface area contributed by atoms with Gasteiger partial charge in [0.1, 0.15) is 0 Å². The number of nitrogens with one attached hydrogen (secondary N) is 2. The van der Waals surface area contributed by atoms with Gasteiger partial charge in [0, 0.05) is 6.04 Å². The molecule has 4 N–H and O–H groups in total. The number of nitrogens with two attached hydrogens (primary N) is 1. The standard InChI is InChI=1S/C12H24N6O/c1-5-8(3)7-9(4)14-10-15-11(18-13)17-12(16-10)19-6-2/h8-9H,5-7,13H2,1-4H3,(H2,14,15,16,17,18). The molecule has 0 aromatic carbocycles. The summed E-state index contributed by atoms with van der Waals surface area (Å²) in [5, 5.41) is 3.24. The molecule has 19 heavy (non-hydrogen) atoms. The van der Waals surface area contributed by atoms with E-state index >= 15 is 0 Å². The fourth-order valence-corrected chi connectivity index (χ4v) is 1.73. The second kappa shape index (κ2) is 7.73. The average molecular weight is 268 g/mol. The highest BCUT2D eigenvalue weighted by Gasteiger charge is 2.11. The first-order valence-corrected chi connectivity index (χ1v) is 6.71. The minimum atomic E-state index is 0.267. The largest absolute Gasteiger partial charge is 0.464 e. The van der Waals surface area contributed by atoms with Crippen LogP contribution in [0.15, 0.2) is 0 Å². The Morgan fingerprint density at radius 3 is 2.42 bits per heavy atom. The van der Waals surface area contributed by atoms with E-state index in [2.05, 4.69) is 46.5 Å². The van der Waals surface area contributed by atoms with Gasteiger partial charge in [-0.1, -0.05) is 20.3 Å². The molecule has 1 aromatic rings. The molecule has 1 heterocycles. The maximum absolute atomic E-state index is 5.33. The fourth-order valence-electron chi connectivity index (χ4n) is 1.73. The van der Waals surface area contributed by atoms with Crippen LogP contribution < -0.4 is 21.3 Å². The van der Waals surface area contributed by atoms with Crippen molar-refractivity contribution < 1.29 is 4.74 Å². The number of anilines is 2. The molecule has 0 bridgehead atoms. The predicted octanol–water partition coefficient (Wildman–Crippen LogP) is 1.79. The van der Waals surface area contributed by atoms with Gasteiger partial charge in [0.2, 0.25) is 11.9 Å². The van der Waals surface area contributed by atoms with E-state index in [1.165, 1.54) is 0 Å². The third-order valence-electron chi connectivity index (χ3n) is 2.85. The molecule has 108 valence electrons. The zero-order valence-electron chi connectivity index (χ0n) is 12.1. The molecule has 0 amide bonds. The molecule has 0 saturated heterocycles. The molecule has 7 heteroatoms. The normalized spacial score (nSPS) is 13.7. The van der Waals surface area contributed by atoms with Gasteiger partial charge in [-0.2, -0.15) is 15.0 Å². The number of nitrogens with zero attached hydrogens (tertiary/aromatic N) is 3. The zero-order valence-corrected chi connectivity index (χ0v) is 12.1. The lowest BCUT2D eigenvalue weighted by Gasteiger charge is -2.17. The summed E-state index contributed by atoms with van der Waals surface area (Å²) in [6.45, 7) is 8.88. The molecule has 2 unspecified atom stereocenters. The van der Waals surface area contributed by atoms with Crippen molar-refractivity contribution in [3.63, 3.8) is 0 Å². The number of hydrogen-bond acceptors (Lipinski definition) is 7. The van der Waals surface area contributed by atoms with Crippen LogP contribution in [0.1, 0.15) is 40.5 Å². The van der Waals surface area contributed by atoms with Crippen LogP contribution >= 0.6 is 0 Å². The van der Waals surface area contributed by atoms with Crippen LogP contribution in [0.3, 0.4) is 0 Å². The van der Waals surface area contributed by atoms with Gasteiger partial charge in [0.25, 0.3) is 0 Å². The number of ether oxygens (including phenoxy) is 1. The first-order chi connectivity index (χ1) is 9.08. The Morgan fingerprint density at radius 2 is 1.84 bits per heavy atom. The number of hydrogen-bond donors (Lipinski definition) is 3. The van der Waals surface area contributed by atoms with E-state index in [1.807, 2.05) is 6.92 Å². The van der Waals surface area contributed by atoms with E-state index in [0.717, 1.165) is 12.8 Å². The van der Waals surface area contributed by atoms with E-state index in [1.54, 1.807) is 0 Å². The Morgan fingerprint density at radius 1 is 1.16 bits per heavy atom. The van der Waals surface area contributed by atoms with Crippen molar-refractivity contribution in [2.75, 3.05) is 17.3 Å². The summed E-state index contributed by atoms with van der Waals surface area (Å²) in [6, 6.07) is 0.543. The van der Waals surface area contributed by atoms with Crippen molar-refractivity contribution in [1.29, 1.82) is 0 Å². The van der Waals surface area contributed by atoms with Gasteiger partial charge in [0.05, 0.1) is 6.61 Å².